The van der Waals surface area contributed by atoms with Crippen LogP contribution in [0.4, 0.5) is 0 Å². The molecule has 0 aliphatic heterocycles. The van der Waals surface area contributed by atoms with Crippen molar-refractivity contribution in [1.29, 1.82) is 0 Å². The molecule has 2 rings (SSSR count). The summed E-state index contributed by atoms with van der Waals surface area (Å²) in [7, 11) is -3.16. The first-order chi connectivity index (χ1) is 9.77. The van der Waals surface area contributed by atoms with Crippen molar-refractivity contribution in [3.05, 3.63) is 53.1 Å². The van der Waals surface area contributed by atoms with Gasteiger partial charge in [0.1, 0.15) is 0 Å². The first-order valence-corrected chi connectivity index (χ1v) is 9.39. The first-order valence-electron chi connectivity index (χ1n) is 6.30. The highest BCUT2D eigenvalue weighted by Crippen LogP contribution is 2.34. The Bertz CT molecular complexity index is 741. The zero-order chi connectivity index (χ0) is 15.6. The van der Waals surface area contributed by atoms with E-state index in [-0.39, 0.29) is 6.04 Å². The Morgan fingerprint density at radius 2 is 1.76 bits per heavy atom. The molecule has 3 nitrogen and oxygen atoms in total. The monoisotopic (exact) mass is 341 g/mol. The second-order valence-corrected chi connectivity index (χ2v) is 8.36. The molecular formula is C15H16ClNO2S2. The SMILES string of the molecule is CC(N)c1ccc(Sc2ccc(S(C)(=O)=O)cc2)c(Cl)c1. The summed E-state index contributed by atoms with van der Waals surface area (Å²) in [6.45, 7) is 1.91. The van der Waals surface area contributed by atoms with Crippen molar-refractivity contribution in [2.75, 3.05) is 6.26 Å². The Morgan fingerprint density at radius 3 is 2.24 bits per heavy atom. The lowest BCUT2D eigenvalue weighted by molar-refractivity contribution is 0.602. The Hall–Kier alpha value is -1.01. The van der Waals surface area contributed by atoms with Gasteiger partial charge in [0, 0.05) is 22.1 Å². The third-order valence-electron chi connectivity index (χ3n) is 2.96. The van der Waals surface area contributed by atoms with Gasteiger partial charge in [0.05, 0.1) is 9.92 Å². The van der Waals surface area contributed by atoms with Gasteiger partial charge in [-0.25, -0.2) is 8.42 Å². The molecule has 0 saturated carbocycles. The van der Waals surface area contributed by atoms with Crippen molar-refractivity contribution in [3.8, 4) is 0 Å². The van der Waals surface area contributed by atoms with Crippen molar-refractivity contribution < 1.29 is 8.42 Å². The molecule has 112 valence electrons. The number of sulfone groups is 1. The molecule has 0 saturated heterocycles. The van der Waals surface area contributed by atoms with Gasteiger partial charge in [0.15, 0.2) is 9.84 Å². The fourth-order valence-corrected chi connectivity index (χ4v) is 3.52. The normalized spacial score (nSPS) is 13.1. The van der Waals surface area contributed by atoms with Crippen molar-refractivity contribution in [2.24, 2.45) is 5.73 Å². The van der Waals surface area contributed by atoms with Gasteiger partial charge < -0.3 is 5.73 Å². The van der Waals surface area contributed by atoms with Gasteiger partial charge in [-0.1, -0.05) is 29.4 Å². The van der Waals surface area contributed by atoms with E-state index in [9.17, 15) is 8.42 Å². The van der Waals surface area contributed by atoms with Crippen LogP contribution < -0.4 is 5.73 Å². The number of hydrogen-bond donors (Lipinski definition) is 1. The molecule has 2 aromatic carbocycles. The minimum atomic E-state index is -3.16. The topological polar surface area (TPSA) is 60.2 Å². The molecule has 1 unspecified atom stereocenters. The van der Waals surface area contributed by atoms with Gasteiger partial charge >= 0.3 is 0 Å². The molecule has 0 aliphatic rings. The second-order valence-electron chi connectivity index (χ2n) is 4.82. The maximum absolute atomic E-state index is 11.4. The Labute approximate surface area is 134 Å². The van der Waals surface area contributed by atoms with Gasteiger partial charge in [-0.05, 0) is 48.9 Å². The molecule has 2 N–H and O–H groups in total. The highest BCUT2D eigenvalue weighted by Gasteiger charge is 2.09. The predicted molar refractivity (Wildman–Crippen MR) is 87.7 cm³/mol. The van der Waals surface area contributed by atoms with E-state index in [1.807, 2.05) is 25.1 Å². The van der Waals surface area contributed by atoms with Crippen LogP contribution in [0.5, 0.6) is 0 Å². The molecule has 1 atom stereocenters. The van der Waals surface area contributed by atoms with E-state index in [0.717, 1.165) is 15.4 Å². The third kappa shape index (κ3) is 4.23. The van der Waals surface area contributed by atoms with Crippen LogP contribution in [0.15, 0.2) is 57.2 Å². The van der Waals surface area contributed by atoms with Crippen molar-refractivity contribution >= 4 is 33.2 Å². The molecule has 0 aromatic heterocycles. The standard InChI is InChI=1S/C15H16ClNO2S2/c1-10(17)11-3-8-15(14(16)9-11)20-12-4-6-13(7-5-12)21(2,18)19/h3-10H,17H2,1-2H3. The van der Waals surface area contributed by atoms with Crippen molar-refractivity contribution in [1.82, 2.24) is 0 Å². The van der Waals surface area contributed by atoms with E-state index in [4.69, 9.17) is 17.3 Å². The summed E-state index contributed by atoms with van der Waals surface area (Å²) in [6, 6.07) is 12.4. The van der Waals surface area contributed by atoms with Gasteiger partial charge in [0.25, 0.3) is 0 Å². The van der Waals surface area contributed by atoms with E-state index in [2.05, 4.69) is 0 Å². The summed E-state index contributed by atoms with van der Waals surface area (Å²) in [5, 5.41) is 0.641. The van der Waals surface area contributed by atoms with Crippen molar-refractivity contribution in [2.45, 2.75) is 27.7 Å². The maximum Gasteiger partial charge on any atom is 0.175 e. The number of halogens is 1. The first kappa shape index (κ1) is 16.4. The minimum absolute atomic E-state index is 0.0596. The summed E-state index contributed by atoms with van der Waals surface area (Å²) in [5.41, 5.74) is 6.80. The molecule has 0 aliphatic carbocycles. The number of nitrogens with two attached hydrogens (primary N) is 1. The van der Waals surface area contributed by atoms with Crippen LogP contribution in [0.25, 0.3) is 0 Å². The van der Waals surface area contributed by atoms with Crippen LogP contribution in [-0.2, 0) is 9.84 Å². The molecule has 21 heavy (non-hydrogen) atoms. The molecular weight excluding hydrogens is 326 g/mol. The quantitative estimate of drug-likeness (QED) is 0.915. The summed E-state index contributed by atoms with van der Waals surface area (Å²) in [4.78, 5) is 2.15. The van der Waals surface area contributed by atoms with Crippen LogP contribution >= 0.6 is 23.4 Å². The average molecular weight is 342 g/mol. The van der Waals surface area contributed by atoms with E-state index < -0.39 is 9.84 Å². The largest absolute Gasteiger partial charge is 0.324 e. The molecule has 0 radical (unpaired) electrons. The van der Waals surface area contributed by atoms with E-state index in [1.54, 1.807) is 24.3 Å². The summed E-state index contributed by atoms with van der Waals surface area (Å²) in [5.74, 6) is 0. The Morgan fingerprint density at radius 1 is 1.14 bits per heavy atom. The molecule has 0 amide bonds. The fraction of sp³-hybridized carbons (Fsp3) is 0.200. The van der Waals surface area contributed by atoms with Crippen LogP contribution in [0, 0.1) is 0 Å². The molecule has 0 fully saturated rings. The average Bonchev–Trinajstić information content (AvgIpc) is 2.40. The summed E-state index contributed by atoms with van der Waals surface area (Å²) < 4.78 is 22.8. The van der Waals surface area contributed by atoms with E-state index >= 15 is 0 Å². The lowest BCUT2D eigenvalue weighted by atomic mass is 10.1. The molecule has 6 heteroatoms. The Kier molecular flexibility index (Phi) is 4.99. The lowest BCUT2D eigenvalue weighted by Gasteiger charge is -2.09. The van der Waals surface area contributed by atoms with E-state index in [0.29, 0.717) is 9.92 Å². The van der Waals surface area contributed by atoms with Crippen LogP contribution in [-0.4, -0.2) is 14.7 Å². The van der Waals surface area contributed by atoms with Gasteiger partial charge in [-0.2, -0.15) is 0 Å². The number of rotatable bonds is 4. The van der Waals surface area contributed by atoms with Gasteiger partial charge in [-0.3, -0.25) is 0 Å². The minimum Gasteiger partial charge on any atom is -0.324 e. The molecule has 0 spiro atoms. The van der Waals surface area contributed by atoms with Gasteiger partial charge in [-0.15, -0.1) is 0 Å². The maximum atomic E-state index is 11.4. The van der Waals surface area contributed by atoms with Crippen LogP contribution in [0.2, 0.25) is 5.02 Å². The number of benzene rings is 2. The van der Waals surface area contributed by atoms with Crippen molar-refractivity contribution in [3.63, 3.8) is 0 Å². The number of hydrogen-bond acceptors (Lipinski definition) is 4. The van der Waals surface area contributed by atoms with E-state index in [1.165, 1.54) is 18.0 Å². The van der Waals surface area contributed by atoms with Crippen LogP contribution in [0.3, 0.4) is 0 Å². The van der Waals surface area contributed by atoms with Gasteiger partial charge in [0.2, 0.25) is 0 Å². The highest BCUT2D eigenvalue weighted by atomic mass is 35.5. The summed E-state index contributed by atoms with van der Waals surface area (Å²) in [6.07, 6.45) is 1.19. The lowest BCUT2D eigenvalue weighted by Crippen LogP contribution is -2.04. The smallest absolute Gasteiger partial charge is 0.175 e. The fourth-order valence-electron chi connectivity index (χ4n) is 1.76. The third-order valence-corrected chi connectivity index (χ3v) is 5.60. The zero-order valence-electron chi connectivity index (χ0n) is 11.7. The second kappa shape index (κ2) is 6.40. The molecule has 0 heterocycles. The predicted octanol–water partition coefficient (Wildman–Crippen LogP) is 3.91. The molecule has 2 aromatic rings. The highest BCUT2D eigenvalue weighted by molar-refractivity contribution is 7.99. The summed E-state index contributed by atoms with van der Waals surface area (Å²) >= 11 is 7.74. The molecule has 0 bridgehead atoms. The zero-order valence-corrected chi connectivity index (χ0v) is 14.1. The van der Waals surface area contributed by atoms with Crippen LogP contribution in [0.1, 0.15) is 18.5 Å². The Balaban J connectivity index is 2.22.